The molecule has 0 aromatic carbocycles. The highest BCUT2D eigenvalue weighted by Crippen LogP contribution is 2.09. The molecule has 1 N–H and O–H groups in total. The van der Waals surface area contributed by atoms with Crippen LogP contribution in [0.15, 0.2) is 36.0 Å². The van der Waals surface area contributed by atoms with Gasteiger partial charge < -0.3 is 15.0 Å². The van der Waals surface area contributed by atoms with Crippen molar-refractivity contribution in [1.82, 2.24) is 15.2 Å². The Morgan fingerprint density at radius 2 is 2.32 bits per heavy atom. The molecule has 0 aliphatic heterocycles. The molecular formula is C16H27IN4O. The van der Waals surface area contributed by atoms with Gasteiger partial charge in [0, 0.05) is 39.4 Å². The average Bonchev–Trinajstić information content (AvgIpc) is 2.49. The van der Waals surface area contributed by atoms with Gasteiger partial charge in [-0.25, -0.2) is 4.98 Å². The molecule has 0 saturated carbocycles. The molecule has 0 spiro atoms. The maximum atomic E-state index is 5.40. The lowest BCUT2D eigenvalue weighted by molar-refractivity contribution is 0.326. The Balaban J connectivity index is 0.00000441. The van der Waals surface area contributed by atoms with Crippen molar-refractivity contribution in [2.45, 2.75) is 26.3 Å². The van der Waals surface area contributed by atoms with Crippen molar-refractivity contribution in [2.24, 2.45) is 4.99 Å². The van der Waals surface area contributed by atoms with Crippen LogP contribution >= 0.6 is 24.0 Å². The molecule has 124 valence electrons. The van der Waals surface area contributed by atoms with Gasteiger partial charge in [-0.3, -0.25) is 4.99 Å². The summed E-state index contributed by atoms with van der Waals surface area (Å²) in [6, 6.07) is 3.92. The maximum Gasteiger partial charge on any atom is 0.213 e. The third-order valence-electron chi connectivity index (χ3n) is 3.02. The molecule has 0 aliphatic rings. The normalized spacial score (nSPS) is 10.6. The van der Waals surface area contributed by atoms with Crippen molar-refractivity contribution in [3.05, 3.63) is 36.5 Å². The van der Waals surface area contributed by atoms with E-state index in [0.29, 0.717) is 19.0 Å². The van der Waals surface area contributed by atoms with Crippen LogP contribution < -0.4 is 10.1 Å². The number of aromatic nitrogens is 1. The second-order valence-corrected chi connectivity index (χ2v) is 4.69. The molecule has 0 bridgehead atoms. The fourth-order valence-corrected chi connectivity index (χ4v) is 1.93. The van der Waals surface area contributed by atoms with E-state index >= 15 is 0 Å². The number of unbranched alkanes of at least 4 members (excludes halogenated alkanes) is 1. The van der Waals surface area contributed by atoms with Gasteiger partial charge >= 0.3 is 0 Å². The van der Waals surface area contributed by atoms with E-state index in [-0.39, 0.29) is 24.0 Å². The summed E-state index contributed by atoms with van der Waals surface area (Å²) < 4.78 is 5.40. The van der Waals surface area contributed by atoms with E-state index in [4.69, 9.17) is 4.74 Å². The van der Waals surface area contributed by atoms with Crippen LogP contribution in [-0.2, 0) is 6.54 Å². The molecule has 0 fully saturated rings. The van der Waals surface area contributed by atoms with Gasteiger partial charge in [-0.15, -0.1) is 30.6 Å². The van der Waals surface area contributed by atoms with Crippen LogP contribution in [-0.4, -0.2) is 43.1 Å². The number of halogens is 1. The van der Waals surface area contributed by atoms with Gasteiger partial charge in [-0.1, -0.05) is 6.08 Å². The summed E-state index contributed by atoms with van der Waals surface area (Å²) in [6.45, 7) is 7.96. The molecule has 6 heteroatoms. The van der Waals surface area contributed by atoms with Crippen molar-refractivity contribution in [3.8, 4) is 5.88 Å². The molecule has 0 atom stereocenters. The Kier molecular flexibility index (Phi) is 11.5. The molecule has 1 rings (SSSR count). The zero-order valence-electron chi connectivity index (χ0n) is 13.7. The highest BCUT2D eigenvalue weighted by atomic mass is 127. The van der Waals surface area contributed by atoms with Crippen LogP contribution in [0, 0.1) is 0 Å². The van der Waals surface area contributed by atoms with Gasteiger partial charge in [0.1, 0.15) is 0 Å². The van der Waals surface area contributed by atoms with E-state index in [2.05, 4.69) is 26.8 Å². The number of hydrogen-bond donors (Lipinski definition) is 1. The highest BCUT2D eigenvalue weighted by molar-refractivity contribution is 14.0. The number of pyridine rings is 1. The Labute approximate surface area is 150 Å². The summed E-state index contributed by atoms with van der Waals surface area (Å²) in [5, 5.41) is 3.35. The van der Waals surface area contributed by atoms with E-state index in [9.17, 15) is 0 Å². The van der Waals surface area contributed by atoms with E-state index < -0.39 is 0 Å². The number of aliphatic imine (C=N–C) groups is 1. The number of nitrogens with zero attached hydrogens (tertiary/aromatic N) is 3. The Bertz CT molecular complexity index is 465. The summed E-state index contributed by atoms with van der Waals surface area (Å²) in [6.07, 6.45) is 5.79. The summed E-state index contributed by atoms with van der Waals surface area (Å²) in [4.78, 5) is 10.6. The van der Waals surface area contributed by atoms with Crippen molar-refractivity contribution >= 4 is 29.9 Å². The first-order valence-electron chi connectivity index (χ1n) is 7.31. The van der Waals surface area contributed by atoms with Crippen LogP contribution in [0.1, 0.15) is 25.3 Å². The Morgan fingerprint density at radius 3 is 2.95 bits per heavy atom. The lowest BCUT2D eigenvalue weighted by atomic mass is 10.2. The van der Waals surface area contributed by atoms with Crippen LogP contribution in [0.2, 0.25) is 0 Å². The lowest BCUT2D eigenvalue weighted by Crippen LogP contribution is -2.38. The molecule has 0 amide bonds. The second kappa shape index (κ2) is 12.3. The van der Waals surface area contributed by atoms with E-state index in [1.54, 1.807) is 13.2 Å². The van der Waals surface area contributed by atoms with Crippen molar-refractivity contribution in [2.75, 3.05) is 27.2 Å². The predicted molar refractivity (Wildman–Crippen MR) is 103 cm³/mol. The smallest absolute Gasteiger partial charge is 0.213 e. The summed E-state index contributed by atoms with van der Waals surface area (Å²) in [7, 11) is 3.83. The van der Waals surface area contributed by atoms with Gasteiger partial charge in [-0.05, 0) is 31.4 Å². The van der Waals surface area contributed by atoms with E-state index in [1.807, 2.05) is 32.2 Å². The first-order chi connectivity index (χ1) is 10.2. The molecule has 0 radical (unpaired) electrons. The first-order valence-corrected chi connectivity index (χ1v) is 7.31. The van der Waals surface area contributed by atoms with Crippen LogP contribution in [0.5, 0.6) is 5.88 Å². The van der Waals surface area contributed by atoms with Crippen molar-refractivity contribution < 1.29 is 4.74 Å². The number of hydrogen-bond acceptors (Lipinski definition) is 3. The summed E-state index contributed by atoms with van der Waals surface area (Å²) >= 11 is 0. The fourth-order valence-electron chi connectivity index (χ4n) is 1.93. The van der Waals surface area contributed by atoms with Gasteiger partial charge in [0.25, 0.3) is 0 Å². The minimum absolute atomic E-state index is 0. The third kappa shape index (κ3) is 7.63. The standard InChI is InChI=1S/C16H26N4O.HI/c1-5-7-8-11-20(4)16(17-3)19-13-14-9-10-18-15(12-14)21-6-2;/h5,9-10,12H,1,6-8,11,13H2,2-4H3,(H,17,19);1H. The average molecular weight is 418 g/mol. The number of allylic oxidation sites excluding steroid dienone is 1. The molecule has 22 heavy (non-hydrogen) atoms. The molecule has 0 unspecified atom stereocenters. The topological polar surface area (TPSA) is 49.8 Å². The molecule has 1 aromatic heterocycles. The second-order valence-electron chi connectivity index (χ2n) is 4.69. The van der Waals surface area contributed by atoms with E-state index in [0.717, 1.165) is 30.9 Å². The molecule has 5 nitrogen and oxygen atoms in total. The predicted octanol–water partition coefficient (Wildman–Crippen LogP) is 3.07. The van der Waals surface area contributed by atoms with Crippen LogP contribution in [0.3, 0.4) is 0 Å². The SMILES string of the molecule is C=CCCCN(C)C(=NC)NCc1ccnc(OCC)c1.I. The lowest BCUT2D eigenvalue weighted by Gasteiger charge is -2.21. The molecule has 1 heterocycles. The fraction of sp³-hybridized carbons (Fsp3) is 0.500. The Hall–Kier alpha value is -1.31. The highest BCUT2D eigenvalue weighted by Gasteiger charge is 2.05. The maximum absolute atomic E-state index is 5.40. The van der Waals surface area contributed by atoms with Gasteiger partial charge in [0.15, 0.2) is 5.96 Å². The zero-order valence-corrected chi connectivity index (χ0v) is 16.0. The largest absolute Gasteiger partial charge is 0.478 e. The minimum atomic E-state index is 0. The molecule has 0 saturated heterocycles. The van der Waals surface area contributed by atoms with Crippen molar-refractivity contribution in [3.63, 3.8) is 0 Å². The quantitative estimate of drug-likeness (QED) is 0.232. The Morgan fingerprint density at radius 1 is 1.55 bits per heavy atom. The van der Waals surface area contributed by atoms with Crippen LogP contribution in [0.25, 0.3) is 0 Å². The number of ether oxygens (including phenoxy) is 1. The molecular weight excluding hydrogens is 391 g/mol. The van der Waals surface area contributed by atoms with Gasteiger partial charge in [0.2, 0.25) is 5.88 Å². The molecule has 1 aromatic rings. The van der Waals surface area contributed by atoms with E-state index in [1.165, 1.54) is 0 Å². The van der Waals surface area contributed by atoms with Crippen molar-refractivity contribution in [1.29, 1.82) is 0 Å². The van der Waals surface area contributed by atoms with Crippen LogP contribution in [0.4, 0.5) is 0 Å². The third-order valence-corrected chi connectivity index (χ3v) is 3.02. The van der Waals surface area contributed by atoms with Gasteiger partial charge in [0.05, 0.1) is 6.61 Å². The number of nitrogens with one attached hydrogen (secondary N) is 1. The monoisotopic (exact) mass is 418 g/mol. The number of rotatable bonds is 8. The first kappa shape index (κ1) is 20.7. The minimum Gasteiger partial charge on any atom is -0.478 e. The summed E-state index contributed by atoms with van der Waals surface area (Å²) in [5.41, 5.74) is 1.12. The summed E-state index contributed by atoms with van der Waals surface area (Å²) in [5.74, 6) is 1.54. The van der Waals surface area contributed by atoms with Gasteiger partial charge in [-0.2, -0.15) is 0 Å². The number of guanidine groups is 1. The molecule has 0 aliphatic carbocycles. The zero-order chi connectivity index (χ0) is 15.5.